The molecule has 0 aliphatic rings. The first kappa shape index (κ1) is 12.3. The van der Waals surface area contributed by atoms with Crippen molar-refractivity contribution in [1.82, 2.24) is 5.32 Å². The molecule has 1 atom stereocenters. The quantitative estimate of drug-likeness (QED) is 0.591. The van der Waals surface area contributed by atoms with E-state index < -0.39 is 0 Å². The molecule has 3 heteroatoms. The van der Waals surface area contributed by atoms with Gasteiger partial charge in [0.05, 0.1) is 6.61 Å². The molecule has 0 radical (unpaired) electrons. The molecular weight excluding hydrogens is 170 g/mol. The van der Waals surface area contributed by atoms with Crippen LogP contribution in [0.3, 0.4) is 0 Å². The van der Waals surface area contributed by atoms with Gasteiger partial charge in [0, 0.05) is 25.4 Å². The minimum Gasteiger partial charge on any atom is -0.383 e. The highest BCUT2D eigenvalue weighted by atomic mass is 32.2. The van der Waals surface area contributed by atoms with E-state index >= 15 is 0 Å². The summed E-state index contributed by atoms with van der Waals surface area (Å²) in [5, 5.41) is 3.48. The average molecular weight is 191 g/mol. The van der Waals surface area contributed by atoms with Crippen molar-refractivity contribution in [3.8, 4) is 0 Å². The van der Waals surface area contributed by atoms with E-state index in [1.54, 1.807) is 7.11 Å². The first-order valence-corrected chi connectivity index (χ1v) is 5.95. The first-order chi connectivity index (χ1) is 5.85. The summed E-state index contributed by atoms with van der Waals surface area (Å²) in [7, 11) is 1.76. The van der Waals surface area contributed by atoms with Crippen LogP contribution in [0.2, 0.25) is 0 Å². The summed E-state index contributed by atoms with van der Waals surface area (Å²) >= 11 is 1.88. The largest absolute Gasteiger partial charge is 0.383 e. The summed E-state index contributed by atoms with van der Waals surface area (Å²) < 4.78 is 5.12. The maximum absolute atomic E-state index is 5.12. The highest BCUT2D eigenvalue weighted by Crippen LogP contribution is 1.97. The molecule has 12 heavy (non-hydrogen) atoms. The van der Waals surface area contributed by atoms with Crippen molar-refractivity contribution in [3.05, 3.63) is 0 Å². The Balaban J connectivity index is 3.34. The van der Waals surface area contributed by atoms with E-state index in [4.69, 9.17) is 4.74 Å². The molecule has 0 aromatic carbocycles. The van der Waals surface area contributed by atoms with E-state index in [0.29, 0.717) is 6.04 Å². The average Bonchev–Trinajstić information content (AvgIpc) is 2.06. The van der Waals surface area contributed by atoms with Crippen LogP contribution in [-0.4, -0.2) is 38.3 Å². The molecule has 2 nitrogen and oxygen atoms in total. The zero-order valence-electron chi connectivity index (χ0n) is 8.43. The number of methoxy groups -OCH3 is 1. The van der Waals surface area contributed by atoms with Gasteiger partial charge in [-0.1, -0.05) is 13.3 Å². The van der Waals surface area contributed by atoms with Gasteiger partial charge in [0.15, 0.2) is 0 Å². The molecule has 0 aromatic rings. The number of hydrogen-bond donors (Lipinski definition) is 1. The first-order valence-electron chi connectivity index (χ1n) is 4.56. The molecule has 0 bridgehead atoms. The van der Waals surface area contributed by atoms with Crippen molar-refractivity contribution < 1.29 is 4.74 Å². The third-order valence-corrected chi connectivity index (χ3v) is 2.36. The Labute approximate surface area is 80.4 Å². The van der Waals surface area contributed by atoms with Crippen LogP contribution in [0.4, 0.5) is 0 Å². The van der Waals surface area contributed by atoms with Gasteiger partial charge in [0.25, 0.3) is 0 Å². The van der Waals surface area contributed by atoms with Crippen molar-refractivity contribution in [2.45, 2.75) is 25.8 Å². The molecule has 0 saturated carbocycles. The highest BCUT2D eigenvalue weighted by Gasteiger charge is 2.04. The molecule has 0 saturated heterocycles. The molecule has 0 aliphatic carbocycles. The molecule has 0 rings (SSSR count). The van der Waals surface area contributed by atoms with E-state index in [-0.39, 0.29) is 0 Å². The second kappa shape index (κ2) is 9.36. The number of thioether (sulfide) groups is 1. The Morgan fingerprint density at radius 1 is 1.50 bits per heavy atom. The van der Waals surface area contributed by atoms with Gasteiger partial charge >= 0.3 is 0 Å². The highest BCUT2D eigenvalue weighted by molar-refractivity contribution is 7.98. The fourth-order valence-electron chi connectivity index (χ4n) is 1.16. The third-order valence-electron chi connectivity index (χ3n) is 1.74. The van der Waals surface area contributed by atoms with Crippen molar-refractivity contribution in [3.63, 3.8) is 0 Å². The maximum atomic E-state index is 5.12. The standard InChI is InChI=1S/C9H21NOS/c1-4-5-9(8-11-2)10-6-7-12-3/h9-10H,4-8H2,1-3H3. The molecule has 1 N–H and O–H groups in total. The predicted octanol–water partition coefficient (Wildman–Crippen LogP) is 1.75. The minimum absolute atomic E-state index is 0.548. The lowest BCUT2D eigenvalue weighted by atomic mass is 10.2. The minimum atomic E-state index is 0.548. The van der Waals surface area contributed by atoms with E-state index in [0.717, 1.165) is 13.2 Å². The molecule has 1 unspecified atom stereocenters. The summed E-state index contributed by atoms with van der Waals surface area (Å²) in [5.74, 6) is 1.18. The van der Waals surface area contributed by atoms with Crippen LogP contribution in [0.15, 0.2) is 0 Å². The number of ether oxygens (including phenoxy) is 1. The SMILES string of the molecule is CCCC(COC)NCCSC. The van der Waals surface area contributed by atoms with Gasteiger partial charge in [-0.25, -0.2) is 0 Å². The van der Waals surface area contributed by atoms with Gasteiger partial charge in [-0.15, -0.1) is 0 Å². The van der Waals surface area contributed by atoms with Crippen molar-refractivity contribution in [1.29, 1.82) is 0 Å². The molecule has 0 fully saturated rings. The third kappa shape index (κ3) is 6.95. The normalized spacial score (nSPS) is 13.2. The van der Waals surface area contributed by atoms with Crippen LogP contribution in [0.5, 0.6) is 0 Å². The van der Waals surface area contributed by atoms with Gasteiger partial charge < -0.3 is 10.1 Å². The Kier molecular flexibility index (Phi) is 9.57. The molecule has 0 amide bonds. The number of rotatable bonds is 8. The lowest BCUT2D eigenvalue weighted by Gasteiger charge is -2.16. The van der Waals surface area contributed by atoms with Gasteiger partial charge in [-0.05, 0) is 12.7 Å². The predicted molar refractivity (Wildman–Crippen MR) is 57.0 cm³/mol. The van der Waals surface area contributed by atoms with Crippen LogP contribution in [0, 0.1) is 0 Å². The van der Waals surface area contributed by atoms with Crippen LogP contribution in [-0.2, 0) is 4.74 Å². The second-order valence-corrected chi connectivity index (χ2v) is 3.87. The monoisotopic (exact) mass is 191 g/mol. The van der Waals surface area contributed by atoms with Crippen LogP contribution < -0.4 is 5.32 Å². The molecule has 74 valence electrons. The number of nitrogens with one attached hydrogen (secondary N) is 1. The summed E-state index contributed by atoms with van der Waals surface area (Å²) in [5.41, 5.74) is 0. The van der Waals surface area contributed by atoms with E-state index in [1.165, 1.54) is 18.6 Å². The topological polar surface area (TPSA) is 21.3 Å². The Morgan fingerprint density at radius 2 is 2.25 bits per heavy atom. The van der Waals surface area contributed by atoms with Crippen molar-refractivity contribution in [2.24, 2.45) is 0 Å². The van der Waals surface area contributed by atoms with Gasteiger partial charge in [0.1, 0.15) is 0 Å². The van der Waals surface area contributed by atoms with Crippen molar-refractivity contribution >= 4 is 11.8 Å². The molecular formula is C9H21NOS. The summed E-state index contributed by atoms with van der Waals surface area (Å²) in [6, 6.07) is 0.548. The zero-order chi connectivity index (χ0) is 9.23. The molecule has 0 aromatic heterocycles. The van der Waals surface area contributed by atoms with E-state index in [1.807, 2.05) is 11.8 Å². The molecule has 0 aliphatic heterocycles. The van der Waals surface area contributed by atoms with Gasteiger partial charge in [-0.3, -0.25) is 0 Å². The second-order valence-electron chi connectivity index (χ2n) is 2.89. The lowest BCUT2D eigenvalue weighted by molar-refractivity contribution is 0.163. The fourth-order valence-corrected chi connectivity index (χ4v) is 1.48. The summed E-state index contributed by atoms with van der Waals surface area (Å²) in [6.07, 6.45) is 4.56. The maximum Gasteiger partial charge on any atom is 0.0615 e. The Hall–Kier alpha value is 0.270. The van der Waals surface area contributed by atoms with Gasteiger partial charge in [0.2, 0.25) is 0 Å². The summed E-state index contributed by atoms with van der Waals surface area (Å²) in [4.78, 5) is 0. The van der Waals surface area contributed by atoms with E-state index in [9.17, 15) is 0 Å². The van der Waals surface area contributed by atoms with Crippen LogP contribution in [0.25, 0.3) is 0 Å². The lowest BCUT2D eigenvalue weighted by Crippen LogP contribution is -2.34. The van der Waals surface area contributed by atoms with E-state index in [2.05, 4.69) is 18.5 Å². The zero-order valence-corrected chi connectivity index (χ0v) is 9.25. The van der Waals surface area contributed by atoms with Crippen LogP contribution >= 0.6 is 11.8 Å². The Bertz CT molecular complexity index is 84.6. The van der Waals surface area contributed by atoms with Gasteiger partial charge in [-0.2, -0.15) is 11.8 Å². The molecule has 0 heterocycles. The summed E-state index contributed by atoms with van der Waals surface area (Å²) in [6.45, 7) is 4.14. The van der Waals surface area contributed by atoms with Crippen LogP contribution in [0.1, 0.15) is 19.8 Å². The smallest absolute Gasteiger partial charge is 0.0615 e. The number of hydrogen-bond acceptors (Lipinski definition) is 3. The fraction of sp³-hybridized carbons (Fsp3) is 1.00. The molecule has 0 spiro atoms. The van der Waals surface area contributed by atoms with Crippen molar-refractivity contribution in [2.75, 3.05) is 32.3 Å². The Morgan fingerprint density at radius 3 is 2.75 bits per heavy atom.